The maximum Gasteiger partial charge on any atom is -1.00 e. The standard InChI is InChI=1S/2C15H14P.C8H10Si.2ClH.Zr/c2*1-11-8-13-10-12(2)16(15(13)9-11)14-6-4-3-5-7-14;1-2-9-8-6-4-3-5-7-8;;;/h2*3-7,9-10,12H,1-2H3;3-7H,2H2,1H3;2*1H;/q2*-1;;;;+2/p-2. The number of hydrogen-bond donors (Lipinski definition) is 0. The van der Waals surface area contributed by atoms with Crippen molar-refractivity contribution in [3.05, 3.63) is 160 Å². The number of fused-ring (bicyclic) bond motifs is 2. The van der Waals surface area contributed by atoms with Crippen LogP contribution < -0.4 is 40.6 Å². The minimum Gasteiger partial charge on any atom is -1.00 e. The largest absolute Gasteiger partial charge is 1.00 e. The molecule has 2 aliphatic carbocycles. The monoisotopic (exact) mass is 744 g/mol. The fourth-order valence-electron chi connectivity index (χ4n) is 5.68. The van der Waals surface area contributed by atoms with E-state index in [1.807, 2.05) is 0 Å². The van der Waals surface area contributed by atoms with Crippen molar-refractivity contribution in [2.45, 2.75) is 52.0 Å². The first-order valence-electron chi connectivity index (χ1n) is 14.8. The Morgan fingerprint density at radius 2 is 1.00 bits per heavy atom. The maximum atomic E-state index is 3.45. The molecule has 0 fully saturated rings. The van der Waals surface area contributed by atoms with Gasteiger partial charge in [0.2, 0.25) is 0 Å². The van der Waals surface area contributed by atoms with Gasteiger partial charge in [0, 0.05) is 0 Å². The minimum absolute atomic E-state index is 0. The average Bonchev–Trinajstić information content (AvgIpc) is 3.71. The average molecular weight is 747 g/mol. The molecule has 44 heavy (non-hydrogen) atoms. The van der Waals surface area contributed by atoms with E-state index >= 15 is 0 Å². The van der Waals surface area contributed by atoms with Gasteiger partial charge in [0.15, 0.2) is 0 Å². The Kier molecular flexibility index (Phi) is 14.8. The first kappa shape index (κ1) is 37.1. The fraction of sp³-hybridized carbons (Fsp3) is 0.211. The SMILES string of the molecule is CC1=[C-]C2=CC(C)P(c3ccccc3)C2=C1.CC1=[C-]C2=CC(C)P(c3ccccc3)C2=C1.CC[Si](=[Zr+2])c1ccccc1.[Cl-].[Cl-]. The van der Waals surface area contributed by atoms with Crippen LogP contribution in [0.3, 0.4) is 0 Å². The predicted octanol–water partition coefficient (Wildman–Crippen LogP) is 3.00. The van der Waals surface area contributed by atoms with Crippen molar-refractivity contribution in [1.29, 1.82) is 0 Å². The van der Waals surface area contributed by atoms with Crippen LogP contribution in [0.1, 0.15) is 34.6 Å². The molecule has 2 aliphatic heterocycles. The molecule has 0 spiro atoms. The second-order valence-corrected chi connectivity index (χ2v) is 22.7. The Morgan fingerprint density at radius 3 is 1.36 bits per heavy atom. The van der Waals surface area contributed by atoms with Crippen LogP contribution in [0.5, 0.6) is 0 Å². The van der Waals surface area contributed by atoms with Gasteiger partial charge < -0.3 is 24.8 Å². The van der Waals surface area contributed by atoms with Crippen LogP contribution in [-0.4, -0.2) is 16.8 Å². The van der Waals surface area contributed by atoms with Crippen molar-refractivity contribution < 1.29 is 48.1 Å². The zero-order valence-electron chi connectivity index (χ0n) is 26.0. The van der Waals surface area contributed by atoms with E-state index in [1.54, 1.807) is 28.5 Å². The molecule has 4 aliphatic rings. The molecule has 3 aromatic carbocycles. The second kappa shape index (κ2) is 17.5. The summed E-state index contributed by atoms with van der Waals surface area (Å²) in [7, 11) is -0.367. The zero-order chi connectivity index (χ0) is 29.6. The van der Waals surface area contributed by atoms with Gasteiger partial charge >= 0.3 is 77.3 Å². The molecular weight excluding hydrogens is 709 g/mol. The van der Waals surface area contributed by atoms with Gasteiger partial charge in [-0.15, -0.1) is 33.9 Å². The van der Waals surface area contributed by atoms with Crippen LogP contribution in [0.15, 0.2) is 148 Å². The van der Waals surface area contributed by atoms with Crippen LogP contribution >= 0.6 is 15.8 Å². The first-order valence-corrected chi connectivity index (χ1v) is 23.0. The Labute approximate surface area is 295 Å². The van der Waals surface area contributed by atoms with Gasteiger partial charge in [0.1, 0.15) is 0 Å². The third kappa shape index (κ3) is 8.91. The number of halogens is 2. The topological polar surface area (TPSA) is 0 Å². The molecule has 0 aromatic heterocycles. The summed E-state index contributed by atoms with van der Waals surface area (Å²) >= 11 is 1.72. The van der Waals surface area contributed by atoms with Gasteiger partial charge in [-0.05, 0) is 21.9 Å². The first-order chi connectivity index (χ1) is 20.4. The molecule has 3 aromatic rings. The summed E-state index contributed by atoms with van der Waals surface area (Å²) in [6.45, 7) is 11.2. The predicted molar refractivity (Wildman–Crippen MR) is 184 cm³/mol. The molecule has 4 unspecified atom stereocenters. The van der Waals surface area contributed by atoms with Crippen molar-refractivity contribution in [1.82, 2.24) is 0 Å². The van der Waals surface area contributed by atoms with E-state index in [9.17, 15) is 0 Å². The van der Waals surface area contributed by atoms with Gasteiger partial charge in [-0.2, -0.15) is 35.5 Å². The molecule has 2 heterocycles. The van der Waals surface area contributed by atoms with Crippen molar-refractivity contribution in [2.24, 2.45) is 0 Å². The molecule has 0 saturated carbocycles. The molecule has 0 amide bonds. The van der Waals surface area contributed by atoms with Crippen LogP contribution in [0, 0.1) is 12.2 Å². The third-order valence-electron chi connectivity index (χ3n) is 7.62. The van der Waals surface area contributed by atoms with E-state index in [1.165, 1.54) is 49.6 Å². The molecule has 0 N–H and O–H groups in total. The summed E-state index contributed by atoms with van der Waals surface area (Å²) < 4.78 is 0. The van der Waals surface area contributed by atoms with Crippen LogP contribution in [0.4, 0.5) is 0 Å². The molecule has 4 atom stereocenters. The molecule has 0 bridgehead atoms. The molecular formula is C38H38Cl2P2SiZr-2. The molecule has 0 radical (unpaired) electrons. The van der Waals surface area contributed by atoms with Crippen LogP contribution in [-0.2, 0) is 23.3 Å². The van der Waals surface area contributed by atoms with Gasteiger partial charge in [-0.25, -0.2) is 0 Å². The summed E-state index contributed by atoms with van der Waals surface area (Å²) in [6.07, 6.45) is 16.3. The molecule has 0 nitrogen and oxygen atoms in total. The quantitative estimate of drug-likeness (QED) is 0.219. The maximum absolute atomic E-state index is 3.45. The molecule has 0 saturated heterocycles. The summed E-state index contributed by atoms with van der Waals surface area (Å²) in [4.78, 5) is 0. The minimum atomic E-state index is -0.183. The molecule has 7 rings (SSSR count). The third-order valence-corrected chi connectivity index (χ3v) is 19.5. The van der Waals surface area contributed by atoms with Gasteiger partial charge in [-0.1, -0.05) is 104 Å². The van der Waals surface area contributed by atoms with Crippen molar-refractivity contribution >= 4 is 37.1 Å². The van der Waals surface area contributed by atoms with Gasteiger partial charge in [0.25, 0.3) is 0 Å². The number of benzene rings is 3. The summed E-state index contributed by atoms with van der Waals surface area (Å²) in [5.41, 5.74) is 6.43. The number of hydrogen-bond acceptors (Lipinski definition) is 0. The van der Waals surface area contributed by atoms with Gasteiger partial charge in [0.05, 0.1) is 0 Å². The Balaban J connectivity index is 0.000000182. The molecule has 6 heteroatoms. The van der Waals surface area contributed by atoms with E-state index < -0.39 is 0 Å². The van der Waals surface area contributed by atoms with Gasteiger partial charge in [-0.3, -0.25) is 0 Å². The number of rotatable bonds is 4. The smallest absolute Gasteiger partial charge is 1.00 e. The normalized spacial score (nSPS) is 22.0. The fourth-order valence-corrected chi connectivity index (χ4v) is 13.3. The van der Waals surface area contributed by atoms with E-state index in [0.29, 0.717) is 11.3 Å². The molecule has 224 valence electrons. The Bertz CT molecular complexity index is 1530. The van der Waals surface area contributed by atoms with Crippen molar-refractivity contribution in [2.75, 3.05) is 0 Å². The summed E-state index contributed by atoms with van der Waals surface area (Å²) in [6, 6.07) is 34.0. The summed E-state index contributed by atoms with van der Waals surface area (Å²) in [5, 5.41) is 7.60. The second-order valence-electron chi connectivity index (χ2n) is 10.9. The zero-order valence-corrected chi connectivity index (χ0v) is 32.7. The van der Waals surface area contributed by atoms with Crippen molar-refractivity contribution in [3.8, 4) is 0 Å². The number of allylic oxidation sites excluding steroid dienone is 12. The van der Waals surface area contributed by atoms with E-state index in [-0.39, 0.29) is 46.1 Å². The van der Waals surface area contributed by atoms with E-state index in [0.717, 1.165) is 0 Å². The van der Waals surface area contributed by atoms with E-state index in [2.05, 4.69) is 162 Å². The Hall–Kier alpha value is -1.36. The van der Waals surface area contributed by atoms with E-state index in [4.69, 9.17) is 0 Å². The van der Waals surface area contributed by atoms with Crippen molar-refractivity contribution in [3.63, 3.8) is 0 Å². The Morgan fingerprint density at radius 1 is 0.636 bits per heavy atom. The van der Waals surface area contributed by atoms with Crippen LogP contribution in [0.25, 0.3) is 0 Å². The summed E-state index contributed by atoms with van der Waals surface area (Å²) in [5.74, 6) is 0. The van der Waals surface area contributed by atoms with Crippen LogP contribution in [0.2, 0.25) is 6.04 Å².